The zero-order valence-electron chi connectivity index (χ0n) is 16.9. The average Bonchev–Trinajstić information content (AvgIpc) is 2.68. The van der Waals surface area contributed by atoms with Crippen molar-refractivity contribution in [3.63, 3.8) is 0 Å². The smallest absolute Gasteiger partial charge is 0.224 e. The van der Waals surface area contributed by atoms with Crippen LogP contribution in [0.5, 0.6) is 0 Å². The molecule has 4 unspecified atom stereocenters. The summed E-state index contributed by atoms with van der Waals surface area (Å²) in [6.45, 7) is 12.9. The molecule has 0 saturated carbocycles. The standard InChI is InChI=1S/C21H34N2O2/c1-8-20(5)15-19(24)22(7)17(4)21(6,9-2)23(20)25-16(3)18-13-11-10-12-14-18/h10-14,16-17H,8-9,15H2,1-7H3. The maximum absolute atomic E-state index is 12.7. The number of hydroxylamine groups is 2. The van der Waals surface area contributed by atoms with Gasteiger partial charge in [-0.25, -0.2) is 0 Å². The summed E-state index contributed by atoms with van der Waals surface area (Å²) in [5.41, 5.74) is 0.564. The number of likely N-dealkylation sites (N-methyl/N-ethyl adjacent to an activating group) is 1. The highest BCUT2D eigenvalue weighted by Crippen LogP contribution is 2.42. The van der Waals surface area contributed by atoms with Gasteiger partial charge in [0.2, 0.25) is 5.91 Å². The molecule has 1 heterocycles. The van der Waals surface area contributed by atoms with E-state index in [0.717, 1.165) is 18.4 Å². The highest BCUT2D eigenvalue weighted by Gasteiger charge is 2.52. The summed E-state index contributed by atoms with van der Waals surface area (Å²) in [5.74, 6) is 0.190. The van der Waals surface area contributed by atoms with Crippen LogP contribution in [0.2, 0.25) is 0 Å². The predicted molar refractivity (Wildman–Crippen MR) is 102 cm³/mol. The van der Waals surface area contributed by atoms with Crippen LogP contribution >= 0.6 is 0 Å². The van der Waals surface area contributed by atoms with E-state index in [0.29, 0.717) is 6.42 Å². The summed E-state index contributed by atoms with van der Waals surface area (Å²) in [7, 11) is 1.92. The van der Waals surface area contributed by atoms with E-state index in [9.17, 15) is 4.79 Å². The summed E-state index contributed by atoms with van der Waals surface area (Å²) in [6.07, 6.45) is 2.17. The lowest BCUT2D eigenvalue weighted by Gasteiger charge is -2.51. The largest absolute Gasteiger partial charge is 0.341 e. The third kappa shape index (κ3) is 3.61. The Labute approximate surface area is 153 Å². The van der Waals surface area contributed by atoms with Gasteiger partial charge in [0.15, 0.2) is 0 Å². The summed E-state index contributed by atoms with van der Waals surface area (Å²) in [4.78, 5) is 21.2. The zero-order valence-corrected chi connectivity index (χ0v) is 16.9. The van der Waals surface area contributed by atoms with E-state index >= 15 is 0 Å². The predicted octanol–water partition coefficient (Wildman–Crippen LogP) is 4.57. The molecule has 1 fully saturated rings. The SMILES string of the molecule is CCC1(C)CC(=O)N(C)C(C)C(C)(CC)N1OC(C)c1ccccc1. The van der Waals surface area contributed by atoms with Crippen LogP contribution in [-0.4, -0.2) is 40.0 Å². The second-order valence-corrected chi connectivity index (χ2v) is 7.87. The van der Waals surface area contributed by atoms with Crippen molar-refractivity contribution in [2.24, 2.45) is 0 Å². The van der Waals surface area contributed by atoms with Crippen molar-refractivity contribution < 1.29 is 9.63 Å². The molecule has 0 N–H and O–H groups in total. The lowest BCUT2D eigenvalue weighted by molar-refractivity contribution is -0.302. The van der Waals surface area contributed by atoms with E-state index in [-0.39, 0.29) is 29.1 Å². The third-order valence-electron chi connectivity index (χ3n) is 6.37. The molecule has 0 aromatic heterocycles. The molecule has 2 rings (SSSR count). The molecule has 140 valence electrons. The van der Waals surface area contributed by atoms with E-state index < -0.39 is 0 Å². The molecular formula is C21H34N2O2. The maximum Gasteiger partial charge on any atom is 0.224 e. The fraction of sp³-hybridized carbons (Fsp3) is 0.667. The lowest BCUT2D eigenvalue weighted by atomic mass is 9.85. The Morgan fingerprint density at radius 1 is 1.20 bits per heavy atom. The molecule has 1 aromatic carbocycles. The number of carbonyl (C=O) groups is 1. The van der Waals surface area contributed by atoms with Crippen LogP contribution in [0.3, 0.4) is 0 Å². The Morgan fingerprint density at radius 2 is 1.80 bits per heavy atom. The second-order valence-electron chi connectivity index (χ2n) is 7.87. The monoisotopic (exact) mass is 346 g/mol. The number of amides is 1. The lowest BCUT2D eigenvalue weighted by Crippen LogP contribution is -2.62. The molecule has 0 radical (unpaired) electrons. The molecule has 1 aliphatic heterocycles. The van der Waals surface area contributed by atoms with Crippen molar-refractivity contribution >= 4 is 5.91 Å². The van der Waals surface area contributed by atoms with E-state index in [1.54, 1.807) is 0 Å². The maximum atomic E-state index is 12.7. The van der Waals surface area contributed by atoms with Crippen LogP contribution in [0, 0.1) is 0 Å². The average molecular weight is 347 g/mol. The number of rotatable bonds is 5. The normalized spacial score (nSPS) is 32.5. The molecule has 1 amide bonds. The van der Waals surface area contributed by atoms with E-state index in [1.807, 2.05) is 30.1 Å². The van der Waals surface area contributed by atoms with Gasteiger partial charge in [0.05, 0.1) is 11.1 Å². The molecular weight excluding hydrogens is 312 g/mol. The fourth-order valence-electron chi connectivity index (χ4n) is 3.84. The van der Waals surface area contributed by atoms with Crippen LogP contribution in [0.1, 0.15) is 72.5 Å². The highest BCUT2D eigenvalue weighted by atomic mass is 16.7. The zero-order chi connectivity index (χ0) is 18.8. The molecule has 4 heteroatoms. The Hall–Kier alpha value is -1.39. The van der Waals surface area contributed by atoms with Crippen molar-refractivity contribution in [1.82, 2.24) is 9.96 Å². The summed E-state index contributed by atoms with van der Waals surface area (Å²) < 4.78 is 0. The fourth-order valence-corrected chi connectivity index (χ4v) is 3.84. The highest BCUT2D eigenvalue weighted by molar-refractivity contribution is 5.78. The number of benzene rings is 1. The molecule has 4 nitrogen and oxygen atoms in total. The number of carbonyl (C=O) groups excluding carboxylic acids is 1. The van der Waals surface area contributed by atoms with Crippen molar-refractivity contribution in [2.45, 2.75) is 84.0 Å². The van der Waals surface area contributed by atoms with Crippen molar-refractivity contribution in [3.8, 4) is 0 Å². The van der Waals surface area contributed by atoms with Crippen LogP contribution < -0.4 is 0 Å². The second kappa shape index (κ2) is 7.46. The molecule has 1 aromatic rings. The molecule has 25 heavy (non-hydrogen) atoms. The number of hydrogen-bond donors (Lipinski definition) is 0. The van der Waals surface area contributed by atoms with E-state index in [1.165, 1.54) is 0 Å². The quantitative estimate of drug-likeness (QED) is 0.783. The first-order valence-electron chi connectivity index (χ1n) is 9.47. The van der Waals surface area contributed by atoms with Gasteiger partial charge >= 0.3 is 0 Å². The molecule has 4 atom stereocenters. The van der Waals surface area contributed by atoms with Crippen molar-refractivity contribution in [3.05, 3.63) is 35.9 Å². The molecule has 1 saturated heterocycles. The van der Waals surface area contributed by atoms with Crippen molar-refractivity contribution in [2.75, 3.05) is 7.05 Å². The van der Waals surface area contributed by atoms with Crippen LogP contribution in [0.25, 0.3) is 0 Å². The Bertz CT molecular complexity index is 591. The van der Waals surface area contributed by atoms with Gasteiger partial charge in [-0.05, 0) is 46.1 Å². The third-order valence-corrected chi connectivity index (χ3v) is 6.37. The molecule has 0 spiro atoms. The Kier molecular flexibility index (Phi) is 5.95. The molecule has 1 aliphatic rings. The topological polar surface area (TPSA) is 32.8 Å². The first kappa shape index (κ1) is 19.9. The number of nitrogens with zero attached hydrogens (tertiary/aromatic N) is 2. The first-order valence-corrected chi connectivity index (χ1v) is 9.47. The summed E-state index contributed by atoms with van der Waals surface area (Å²) >= 11 is 0. The van der Waals surface area contributed by atoms with Gasteiger partial charge in [0.25, 0.3) is 0 Å². The van der Waals surface area contributed by atoms with Crippen LogP contribution in [-0.2, 0) is 9.63 Å². The Morgan fingerprint density at radius 3 is 2.32 bits per heavy atom. The minimum Gasteiger partial charge on any atom is -0.341 e. The summed E-state index contributed by atoms with van der Waals surface area (Å²) in [5, 5.41) is 2.16. The van der Waals surface area contributed by atoms with Crippen molar-refractivity contribution in [1.29, 1.82) is 0 Å². The van der Waals surface area contributed by atoms with Gasteiger partial charge < -0.3 is 4.90 Å². The Balaban J connectivity index is 2.45. The van der Waals surface area contributed by atoms with E-state index in [2.05, 4.69) is 58.7 Å². The van der Waals surface area contributed by atoms with Gasteiger partial charge in [-0.15, -0.1) is 0 Å². The van der Waals surface area contributed by atoms with Gasteiger partial charge in [-0.2, -0.15) is 5.06 Å². The first-order chi connectivity index (χ1) is 11.7. The van der Waals surface area contributed by atoms with Crippen LogP contribution in [0.15, 0.2) is 30.3 Å². The van der Waals surface area contributed by atoms with Gasteiger partial charge in [-0.3, -0.25) is 9.63 Å². The number of hydrogen-bond acceptors (Lipinski definition) is 3. The minimum atomic E-state index is -0.329. The van der Waals surface area contributed by atoms with Gasteiger partial charge in [-0.1, -0.05) is 44.2 Å². The minimum absolute atomic E-state index is 0.0661. The van der Waals surface area contributed by atoms with Gasteiger partial charge in [0.1, 0.15) is 6.10 Å². The van der Waals surface area contributed by atoms with E-state index in [4.69, 9.17) is 4.84 Å². The summed E-state index contributed by atoms with van der Waals surface area (Å²) in [6, 6.07) is 10.3. The molecule has 0 aliphatic carbocycles. The molecule has 0 bridgehead atoms. The van der Waals surface area contributed by atoms with Gasteiger partial charge in [0, 0.05) is 19.5 Å². The van der Waals surface area contributed by atoms with Crippen LogP contribution in [0.4, 0.5) is 0 Å².